The van der Waals surface area contributed by atoms with Gasteiger partial charge >= 0.3 is 0 Å². The largest absolute Gasteiger partial charge is 0.332 e. The van der Waals surface area contributed by atoms with Gasteiger partial charge in [0.2, 0.25) is 0 Å². The summed E-state index contributed by atoms with van der Waals surface area (Å²) < 4.78 is 0. The van der Waals surface area contributed by atoms with Crippen LogP contribution in [0.3, 0.4) is 0 Å². The number of nitrogens with zero attached hydrogens (tertiary/aromatic N) is 2. The first-order valence-corrected chi connectivity index (χ1v) is 17.8. The fourth-order valence-corrected chi connectivity index (χ4v) is 8.52. The molecule has 0 N–H and O–H groups in total. The lowest BCUT2D eigenvalue weighted by atomic mass is 9.91. The molecule has 2 heteroatoms. The third kappa shape index (κ3) is 4.77. The highest BCUT2D eigenvalue weighted by Crippen LogP contribution is 2.49. The minimum atomic E-state index is -0.153. The van der Waals surface area contributed by atoms with Gasteiger partial charge in [0.1, 0.15) is 0 Å². The fourth-order valence-electron chi connectivity index (χ4n) is 8.52. The summed E-state index contributed by atoms with van der Waals surface area (Å²) in [5.74, 6) is 0.317. The second-order valence-electron chi connectivity index (χ2n) is 15.2. The smallest absolute Gasteiger partial charge is 0.0581 e. The van der Waals surface area contributed by atoms with Gasteiger partial charge in [-0.3, -0.25) is 0 Å². The minimum Gasteiger partial charge on any atom is -0.332 e. The van der Waals surface area contributed by atoms with Crippen molar-refractivity contribution in [2.45, 2.75) is 51.6 Å². The lowest BCUT2D eigenvalue weighted by Gasteiger charge is -2.42. The van der Waals surface area contributed by atoms with Crippen LogP contribution < -0.4 is 9.80 Å². The Hall–Kier alpha value is -5.60. The van der Waals surface area contributed by atoms with Crippen LogP contribution >= 0.6 is 0 Å². The summed E-state index contributed by atoms with van der Waals surface area (Å²) in [5, 5.41) is 2.52. The van der Waals surface area contributed by atoms with E-state index in [1.54, 1.807) is 0 Å². The Morgan fingerprint density at radius 3 is 1.82 bits per heavy atom. The van der Waals surface area contributed by atoms with E-state index >= 15 is 0 Å². The summed E-state index contributed by atoms with van der Waals surface area (Å²) >= 11 is 0. The van der Waals surface area contributed by atoms with Gasteiger partial charge in [0.05, 0.1) is 11.1 Å². The van der Waals surface area contributed by atoms with Crippen LogP contribution in [0.2, 0.25) is 0 Å². The van der Waals surface area contributed by atoms with Crippen molar-refractivity contribution in [2.24, 2.45) is 0 Å². The van der Waals surface area contributed by atoms with Crippen LogP contribution in [-0.4, -0.2) is 11.1 Å². The zero-order valence-corrected chi connectivity index (χ0v) is 29.5. The summed E-state index contributed by atoms with van der Waals surface area (Å²) in [5.41, 5.74) is 15.2. The van der Waals surface area contributed by atoms with Crippen molar-refractivity contribution in [3.63, 3.8) is 0 Å². The van der Waals surface area contributed by atoms with E-state index in [1.807, 2.05) is 0 Å². The lowest BCUT2D eigenvalue weighted by molar-refractivity contribution is 0.625. The van der Waals surface area contributed by atoms with Crippen LogP contribution in [0.5, 0.6) is 0 Å². The molecule has 9 rings (SSSR count). The van der Waals surface area contributed by atoms with Crippen molar-refractivity contribution in [3.05, 3.63) is 167 Å². The van der Waals surface area contributed by atoms with Crippen molar-refractivity contribution in [1.29, 1.82) is 0 Å². The molecule has 0 spiro atoms. The molecule has 2 heterocycles. The Morgan fingerprint density at radius 2 is 1.10 bits per heavy atom. The second kappa shape index (κ2) is 11.2. The zero-order chi connectivity index (χ0) is 34.2. The van der Waals surface area contributed by atoms with E-state index in [-0.39, 0.29) is 11.1 Å². The molecule has 244 valence electrons. The van der Waals surface area contributed by atoms with E-state index in [9.17, 15) is 0 Å². The van der Waals surface area contributed by atoms with E-state index in [0.29, 0.717) is 5.92 Å². The maximum atomic E-state index is 2.49. The summed E-state index contributed by atoms with van der Waals surface area (Å²) in [7, 11) is 0. The molecule has 2 nitrogen and oxygen atoms in total. The number of fused-ring (bicyclic) bond motifs is 6. The second-order valence-corrected chi connectivity index (χ2v) is 15.2. The highest BCUT2D eigenvalue weighted by atomic mass is 15.2. The average Bonchev–Trinajstić information content (AvgIpc) is 3.40. The molecule has 0 radical (unpaired) electrons. The molecule has 1 unspecified atom stereocenters. The van der Waals surface area contributed by atoms with E-state index in [1.165, 1.54) is 78.0 Å². The Kier molecular flexibility index (Phi) is 6.83. The number of rotatable bonds is 4. The summed E-state index contributed by atoms with van der Waals surface area (Å²) in [6.45, 7) is 11.5. The molecule has 6 aromatic rings. The predicted molar refractivity (Wildman–Crippen MR) is 216 cm³/mol. The van der Waals surface area contributed by atoms with Crippen LogP contribution in [0.4, 0.5) is 22.7 Å². The maximum Gasteiger partial charge on any atom is 0.0581 e. The highest BCUT2D eigenvalue weighted by molar-refractivity contribution is 6.03. The summed E-state index contributed by atoms with van der Waals surface area (Å²) in [4.78, 5) is 4.98. The van der Waals surface area contributed by atoms with Gasteiger partial charge in [-0.2, -0.15) is 0 Å². The topological polar surface area (TPSA) is 6.48 Å². The Bertz CT molecular complexity index is 2420. The molecule has 1 atom stereocenters. The first-order chi connectivity index (χ1) is 24.2. The van der Waals surface area contributed by atoms with Crippen molar-refractivity contribution >= 4 is 57.8 Å². The molecule has 0 amide bonds. The van der Waals surface area contributed by atoms with Crippen LogP contribution in [0.15, 0.2) is 133 Å². The molecule has 0 saturated heterocycles. The van der Waals surface area contributed by atoms with E-state index in [4.69, 9.17) is 0 Å². The molecule has 2 aliphatic heterocycles. The van der Waals surface area contributed by atoms with Crippen molar-refractivity contribution in [1.82, 2.24) is 0 Å². The number of benzene rings is 6. The third-order valence-corrected chi connectivity index (χ3v) is 11.1. The molecule has 1 aliphatic carbocycles. The minimum absolute atomic E-state index is 0.122. The Balaban J connectivity index is 1.04. The quantitative estimate of drug-likeness (QED) is 0.176. The third-order valence-electron chi connectivity index (χ3n) is 11.1. The molecular weight excluding hydrogens is 605 g/mol. The van der Waals surface area contributed by atoms with Crippen molar-refractivity contribution in [3.8, 4) is 11.1 Å². The summed E-state index contributed by atoms with van der Waals surface area (Å²) in [6, 6.07) is 44.9. The molecule has 0 aromatic heterocycles. The first kappa shape index (κ1) is 30.5. The fraction of sp³-hybridized carbons (Fsp3) is 0.167. The van der Waals surface area contributed by atoms with Gasteiger partial charge in [-0.05, 0) is 108 Å². The molecule has 0 fully saturated rings. The molecule has 50 heavy (non-hydrogen) atoms. The predicted octanol–water partition coefficient (Wildman–Crippen LogP) is 13.0. The normalized spacial score (nSPS) is 17.9. The van der Waals surface area contributed by atoms with Crippen LogP contribution in [0.25, 0.3) is 46.2 Å². The van der Waals surface area contributed by atoms with Gasteiger partial charge < -0.3 is 9.80 Å². The van der Waals surface area contributed by atoms with Crippen LogP contribution in [-0.2, 0) is 0 Å². The standard InChI is InChI=1S/C48H42N2/c1-32-42-30-33(19-23-39(42)40-24-22-37(31-43(32)40)49-44-16-10-6-12-35(44)26-28-47(49,2)3)18-20-34-21-25-46(41-15-9-8-14-38(34)41)50-45-17-11-7-13-36(45)27-29-48(50,4)5/h6-32H,1-5H3/b20-18+. The number of anilines is 4. The molecule has 0 saturated carbocycles. The number of hydrogen-bond donors (Lipinski definition) is 0. The van der Waals surface area contributed by atoms with E-state index < -0.39 is 0 Å². The monoisotopic (exact) mass is 646 g/mol. The molecule has 6 aromatic carbocycles. The van der Waals surface area contributed by atoms with Crippen molar-refractivity contribution in [2.75, 3.05) is 9.80 Å². The summed E-state index contributed by atoms with van der Waals surface area (Å²) in [6.07, 6.45) is 13.7. The van der Waals surface area contributed by atoms with Crippen LogP contribution in [0, 0.1) is 0 Å². The maximum absolute atomic E-state index is 2.49. The molecule has 0 bridgehead atoms. The van der Waals surface area contributed by atoms with Gasteiger partial charge in [0, 0.05) is 34.1 Å². The number of hydrogen-bond acceptors (Lipinski definition) is 2. The lowest BCUT2D eigenvalue weighted by Crippen LogP contribution is -2.40. The van der Waals surface area contributed by atoms with Gasteiger partial charge in [-0.25, -0.2) is 0 Å². The van der Waals surface area contributed by atoms with E-state index in [2.05, 4.69) is 202 Å². The molecule has 3 aliphatic rings. The van der Waals surface area contributed by atoms with Gasteiger partial charge in [-0.15, -0.1) is 0 Å². The highest BCUT2D eigenvalue weighted by Gasteiger charge is 2.33. The van der Waals surface area contributed by atoms with Gasteiger partial charge in [-0.1, -0.05) is 134 Å². The van der Waals surface area contributed by atoms with Gasteiger partial charge in [0.15, 0.2) is 0 Å². The Morgan fingerprint density at radius 1 is 0.520 bits per heavy atom. The zero-order valence-electron chi connectivity index (χ0n) is 29.5. The van der Waals surface area contributed by atoms with E-state index in [0.717, 1.165) is 0 Å². The number of para-hydroxylation sites is 2. The Labute approximate surface area is 296 Å². The van der Waals surface area contributed by atoms with Crippen LogP contribution in [0.1, 0.15) is 73.9 Å². The SMILES string of the molecule is CC1c2cc(/C=C/c3ccc(N4c5ccccc5C=CC4(C)C)c4ccccc34)ccc2-c2ccc(N3c4ccccc4C=CC3(C)C)cc21. The first-order valence-electron chi connectivity index (χ1n) is 17.8. The van der Waals surface area contributed by atoms with Gasteiger partial charge in [0.25, 0.3) is 0 Å². The molecular formula is C48H42N2. The average molecular weight is 647 g/mol. The van der Waals surface area contributed by atoms with Crippen molar-refractivity contribution < 1.29 is 0 Å².